The van der Waals surface area contributed by atoms with Gasteiger partial charge in [0.15, 0.2) is 0 Å². The largest absolute Gasteiger partial charge is 0.342 e. The Labute approximate surface area is 151 Å². The molecule has 128 valence electrons. The third kappa shape index (κ3) is 2.37. The van der Waals surface area contributed by atoms with Crippen LogP contribution in [-0.4, -0.2) is 33.9 Å². The van der Waals surface area contributed by atoms with Crippen LogP contribution in [0.4, 0.5) is 0 Å². The maximum absolute atomic E-state index is 12.9. The lowest BCUT2D eigenvalue weighted by atomic mass is 9.96. The quantitative estimate of drug-likeness (QED) is 0.592. The van der Waals surface area contributed by atoms with Gasteiger partial charge in [0.1, 0.15) is 5.82 Å². The van der Waals surface area contributed by atoms with Gasteiger partial charge in [-0.1, -0.05) is 42.5 Å². The van der Waals surface area contributed by atoms with Crippen molar-refractivity contribution in [1.82, 2.24) is 14.9 Å². The minimum Gasteiger partial charge on any atom is -0.342 e. The molecular formula is C22H19N3O. The van der Waals surface area contributed by atoms with Crippen LogP contribution < -0.4 is 0 Å². The number of nitrogens with one attached hydrogen (secondary N) is 1. The maximum Gasteiger partial charge on any atom is 0.254 e. The van der Waals surface area contributed by atoms with Gasteiger partial charge in [-0.2, -0.15) is 0 Å². The summed E-state index contributed by atoms with van der Waals surface area (Å²) in [7, 11) is 0. The van der Waals surface area contributed by atoms with Crippen molar-refractivity contribution in [2.45, 2.75) is 12.8 Å². The second-order valence-electron chi connectivity index (χ2n) is 7.08. The third-order valence-corrected chi connectivity index (χ3v) is 5.23. The fourth-order valence-electron chi connectivity index (χ4n) is 3.74. The number of carbonyl (C=O) groups is 1. The molecule has 1 aliphatic heterocycles. The zero-order valence-electron chi connectivity index (χ0n) is 14.6. The molecule has 0 aliphatic carbocycles. The van der Waals surface area contributed by atoms with Gasteiger partial charge in [0, 0.05) is 18.7 Å². The average molecular weight is 341 g/mol. The lowest BCUT2D eigenvalue weighted by Crippen LogP contribution is -2.48. The first kappa shape index (κ1) is 15.1. The Hall–Kier alpha value is -3.14. The van der Waals surface area contributed by atoms with Gasteiger partial charge < -0.3 is 9.88 Å². The molecule has 0 radical (unpaired) electrons. The molecule has 0 spiro atoms. The predicted molar refractivity (Wildman–Crippen MR) is 103 cm³/mol. The van der Waals surface area contributed by atoms with E-state index in [1.165, 1.54) is 5.56 Å². The molecule has 0 bridgehead atoms. The molecule has 1 fully saturated rings. The molecule has 2 heterocycles. The smallest absolute Gasteiger partial charge is 0.254 e. The van der Waals surface area contributed by atoms with E-state index < -0.39 is 0 Å². The normalized spacial score (nSPS) is 14.7. The Balaban J connectivity index is 1.37. The number of nitrogens with zero attached hydrogens (tertiary/aromatic N) is 2. The van der Waals surface area contributed by atoms with Crippen LogP contribution in [0.1, 0.15) is 27.7 Å². The van der Waals surface area contributed by atoms with Crippen molar-refractivity contribution in [3.8, 4) is 0 Å². The van der Waals surface area contributed by atoms with Gasteiger partial charge in [0.25, 0.3) is 5.91 Å². The lowest BCUT2D eigenvalue weighted by molar-refractivity contribution is 0.0598. The van der Waals surface area contributed by atoms with Crippen LogP contribution >= 0.6 is 0 Å². The zero-order chi connectivity index (χ0) is 17.7. The summed E-state index contributed by atoms with van der Waals surface area (Å²) in [6, 6.07) is 20.2. The van der Waals surface area contributed by atoms with Gasteiger partial charge >= 0.3 is 0 Å². The molecule has 1 N–H and O–H groups in total. The topological polar surface area (TPSA) is 49.0 Å². The molecule has 26 heavy (non-hydrogen) atoms. The third-order valence-electron chi connectivity index (χ3n) is 5.23. The van der Waals surface area contributed by atoms with E-state index in [1.807, 2.05) is 53.4 Å². The van der Waals surface area contributed by atoms with Crippen molar-refractivity contribution in [3.63, 3.8) is 0 Å². The summed E-state index contributed by atoms with van der Waals surface area (Å²) < 4.78 is 0. The molecule has 1 amide bonds. The number of rotatable bonds is 2. The molecule has 1 aromatic heterocycles. The standard InChI is InChI=1S/C22H19N3O/c1-14-9-10-19-20(11-14)24-21(23-19)16-12-25(13-16)22(26)18-8-4-6-15-5-2-3-7-17(15)18/h2-11,16H,12-13H2,1H3,(H,23,24). The summed E-state index contributed by atoms with van der Waals surface area (Å²) in [4.78, 5) is 23.0. The van der Waals surface area contributed by atoms with E-state index in [0.717, 1.165) is 33.2 Å². The monoisotopic (exact) mass is 341 g/mol. The summed E-state index contributed by atoms with van der Waals surface area (Å²) >= 11 is 0. The Morgan fingerprint density at radius 1 is 1.08 bits per heavy atom. The second kappa shape index (κ2) is 5.70. The Bertz CT molecular complexity index is 1130. The van der Waals surface area contributed by atoms with Gasteiger partial charge in [0.2, 0.25) is 0 Å². The second-order valence-corrected chi connectivity index (χ2v) is 7.08. The number of H-pyrrole nitrogens is 1. The molecule has 1 saturated heterocycles. The molecule has 5 rings (SSSR count). The maximum atomic E-state index is 12.9. The minimum atomic E-state index is 0.102. The molecule has 1 aliphatic rings. The molecule has 4 aromatic rings. The molecule has 0 unspecified atom stereocenters. The SMILES string of the molecule is Cc1ccc2nc(C3CN(C(=O)c4cccc5ccccc45)C3)[nH]c2c1. The van der Waals surface area contributed by atoms with Gasteiger partial charge in [-0.25, -0.2) is 4.98 Å². The van der Waals surface area contributed by atoms with Crippen molar-refractivity contribution in [2.75, 3.05) is 13.1 Å². The number of amides is 1. The van der Waals surface area contributed by atoms with E-state index in [4.69, 9.17) is 4.98 Å². The molecule has 0 atom stereocenters. The number of imidazole rings is 1. The lowest BCUT2D eigenvalue weighted by Gasteiger charge is -2.38. The minimum absolute atomic E-state index is 0.102. The first-order valence-electron chi connectivity index (χ1n) is 8.92. The fourth-order valence-corrected chi connectivity index (χ4v) is 3.74. The number of aromatic amines is 1. The van der Waals surface area contributed by atoms with Crippen LogP contribution in [0.3, 0.4) is 0 Å². The van der Waals surface area contributed by atoms with E-state index in [0.29, 0.717) is 13.1 Å². The molecule has 4 heteroatoms. The number of aromatic nitrogens is 2. The van der Waals surface area contributed by atoms with E-state index in [1.54, 1.807) is 0 Å². The van der Waals surface area contributed by atoms with Crippen molar-refractivity contribution in [3.05, 3.63) is 77.6 Å². The zero-order valence-corrected chi connectivity index (χ0v) is 14.6. The highest BCUT2D eigenvalue weighted by molar-refractivity contribution is 6.07. The van der Waals surface area contributed by atoms with E-state index in [2.05, 4.69) is 24.0 Å². The Kier molecular flexibility index (Phi) is 3.32. The van der Waals surface area contributed by atoms with Gasteiger partial charge in [-0.3, -0.25) is 4.79 Å². The van der Waals surface area contributed by atoms with E-state index in [-0.39, 0.29) is 11.8 Å². The Morgan fingerprint density at radius 3 is 2.77 bits per heavy atom. The van der Waals surface area contributed by atoms with Crippen molar-refractivity contribution in [2.24, 2.45) is 0 Å². The molecular weight excluding hydrogens is 322 g/mol. The molecule has 3 aromatic carbocycles. The van der Waals surface area contributed by atoms with Crippen LogP contribution in [0.2, 0.25) is 0 Å². The number of likely N-dealkylation sites (tertiary alicyclic amines) is 1. The van der Waals surface area contributed by atoms with Crippen LogP contribution in [0, 0.1) is 6.92 Å². The number of aryl methyl sites for hydroxylation is 1. The van der Waals surface area contributed by atoms with Crippen LogP contribution in [-0.2, 0) is 0 Å². The van der Waals surface area contributed by atoms with Crippen molar-refractivity contribution >= 4 is 27.7 Å². The van der Waals surface area contributed by atoms with Crippen LogP contribution in [0.25, 0.3) is 21.8 Å². The highest BCUT2D eigenvalue weighted by Crippen LogP contribution is 2.30. The number of hydrogen-bond donors (Lipinski definition) is 1. The highest BCUT2D eigenvalue weighted by atomic mass is 16.2. The fraction of sp³-hybridized carbons (Fsp3) is 0.182. The number of fused-ring (bicyclic) bond motifs is 2. The number of benzene rings is 3. The van der Waals surface area contributed by atoms with Crippen molar-refractivity contribution < 1.29 is 4.79 Å². The van der Waals surface area contributed by atoms with Crippen LogP contribution in [0.15, 0.2) is 60.7 Å². The molecule has 0 saturated carbocycles. The summed E-state index contributed by atoms with van der Waals surface area (Å²) in [6.45, 7) is 3.50. The number of carbonyl (C=O) groups excluding carboxylic acids is 1. The average Bonchev–Trinajstić information content (AvgIpc) is 3.02. The van der Waals surface area contributed by atoms with Gasteiger partial charge in [-0.15, -0.1) is 0 Å². The van der Waals surface area contributed by atoms with Gasteiger partial charge in [0.05, 0.1) is 17.0 Å². The van der Waals surface area contributed by atoms with E-state index >= 15 is 0 Å². The first-order chi connectivity index (χ1) is 12.7. The predicted octanol–water partition coefficient (Wildman–Crippen LogP) is 4.26. The summed E-state index contributed by atoms with van der Waals surface area (Å²) in [6.07, 6.45) is 0. The van der Waals surface area contributed by atoms with Crippen LogP contribution in [0.5, 0.6) is 0 Å². The highest BCUT2D eigenvalue weighted by Gasteiger charge is 2.34. The first-order valence-corrected chi connectivity index (χ1v) is 8.92. The van der Waals surface area contributed by atoms with Gasteiger partial charge in [-0.05, 0) is 41.5 Å². The summed E-state index contributed by atoms with van der Waals surface area (Å²) in [5.74, 6) is 1.36. The summed E-state index contributed by atoms with van der Waals surface area (Å²) in [5.41, 5.74) is 4.05. The number of hydrogen-bond acceptors (Lipinski definition) is 2. The Morgan fingerprint density at radius 2 is 1.88 bits per heavy atom. The summed E-state index contributed by atoms with van der Waals surface area (Å²) in [5, 5.41) is 2.12. The van der Waals surface area contributed by atoms with Crippen molar-refractivity contribution in [1.29, 1.82) is 0 Å². The van der Waals surface area contributed by atoms with E-state index in [9.17, 15) is 4.79 Å². The molecule has 4 nitrogen and oxygen atoms in total.